The van der Waals surface area contributed by atoms with Crippen molar-refractivity contribution in [3.8, 4) is 4.56 Å². The normalized spacial score (nSPS) is 15.5. The second-order valence-corrected chi connectivity index (χ2v) is 14.5. The molecular weight excluding hydrogens is 577 g/mol. The molecule has 40 heavy (non-hydrogen) atoms. The van der Waals surface area contributed by atoms with Crippen LogP contribution in [0.15, 0.2) is 90.5 Å². The molecule has 9 rings (SSSR count). The van der Waals surface area contributed by atoms with Gasteiger partial charge in [0.25, 0.3) is 0 Å². The van der Waals surface area contributed by atoms with Gasteiger partial charge in [0.2, 0.25) is 0 Å². The van der Waals surface area contributed by atoms with Crippen LogP contribution in [-0.2, 0) is 5.41 Å². The van der Waals surface area contributed by atoms with Gasteiger partial charge in [0.1, 0.15) is 0 Å². The van der Waals surface area contributed by atoms with E-state index in [-0.39, 0.29) is 31.5 Å². The summed E-state index contributed by atoms with van der Waals surface area (Å²) in [5.74, 6) is -0.323. The quantitative estimate of drug-likeness (QED) is 0.108. The van der Waals surface area contributed by atoms with E-state index in [2.05, 4.69) is 79.1 Å². The molecule has 1 aliphatic carbocycles. The molecule has 0 amide bonds. The molecule has 0 saturated carbocycles. The van der Waals surface area contributed by atoms with Crippen molar-refractivity contribution in [2.45, 2.75) is 19.3 Å². The SMILES string of the molecule is CC1(C)c2cc(C=C3C(=O)c4ccccc4C3=O)[se]c2-n2c3ccccc3c3c4c(cc1c32)sc1ccccc14. The number of rotatable bonds is 1. The molecule has 0 fully saturated rings. The summed E-state index contributed by atoms with van der Waals surface area (Å²) in [5, 5.41) is 5.26. The monoisotopic (exact) mass is 599 g/mol. The van der Waals surface area contributed by atoms with Crippen molar-refractivity contribution in [1.82, 2.24) is 4.57 Å². The molecule has 5 heteroatoms. The van der Waals surface area contributed by atoms with Crippen LogP contribution in [-0.4, -0.2) is 30.6 Å². The minimum absolute atomic E-state index is 0.0625. The Hall–Kier alpha value is -4.02. The number of Topliss-reactive ketones (excluding diaryl/α,β-unsaturated/α-hetero) is 2. The maximum atomic E-state index is 13.2. The number of carbonyl (C=O) groups excluding carboxylic acids is 2. The fraction of sp³-hybridized carbons (Fsp3) is 0.0857. The predicted octanol–water partition coefficient (Wildman–Crippen LogP) is 8.31. The maximum absolute atomic E-state index is 13.2. The van der Waals surface area contributed by atoms with E-state index in [1.807, 2.05) is 29.5 Å². The number of thiophene rings is 1. The molecule has 3 nitrogen and oxygen atoms in total. The van der Waals surface area contributed by atoms with Crippen LogP contribution >= 0.6 is 11.3 Å². The van der Waals surface area contributed by atoms with Gasteiger partial charge in [0.15, 0.2) is 0 Å². The number of hydrogen-bond acceptors (Lipinski definition) is 3. The summed E-state index contributed by atoms with van der Waals surface area (Å²) in [6.07, 6.45) is 1.87. The van der Waals surface area contributed by atoms with Gasteiger partial charge in [-0.25, -0.2) is 0 Å². The summed E-state index contributed by atoms with van der Waals surface area (Å²) in [6, 6.07) is 29.3. The van der Waals surface area contributed by atoms with E-state index >= 15 is 0 Å². The second-order valence-electron chi connectivity index (χ2n) is 11.2. The van der Waals surface area contributed by atoms with Gasteiger partial charge >= 0.3 is 241 Å². The molecular formula is C35H21NO2SSe. The first kappa shape index (κ1) is 22.8. The van der Waals surface area contributed by atoms with Crippen molar-refractivity contribution in [2.24, 2.45) is 0 Å². The zero-order chi connectivity index (χ0) is 26.9. The fourth-order valence-electron chi connectivity index (χ4n) is 6.83. The average molecular weight is 599 g/mol. The van der Waals surface area contributed by atoms with Crippen LogP contribution in [0.5, 0.6) is 0 Å². The van der Waals surface area contributed by atoms with Crippen molar-refractivity contribution in [1.29, 1.82) is 0 Å². The summed E-state index contributed by atoms with van der Waals surface area (Å²) < 4.78 is 7.49. The molecule has 0 atom stereocenters. The number of hydrogen-bond donors (Lipinski definition) is 0. The second kappa shape index (κ2) is 7.58. The zero-order valence-electron chi connectivity index (χ0n) is 21.7. The Bertz CT molecular complexity index is 2310. The third kappa shape index (κ3) is 2.70. The molecule has 190 valence electrons. The molecule has 3 aromatic heterocycles. The van der Waals surface area contributed by atoms with Gasteiger partial charge in [-0.15, -0.1) is 0 Å². The third-order valence-electron chi connectivity index (χ3n) is 8.75. The average Bonchev–Trinajstić information content (AvgIpc) is 3.70. The van der Waals surface area contributed by atoms with Crippen molar-refractivity contribution < 1.29 is 9.59 Å². The Balaban J connectivity index is 1.37. The van der Waals surface area contributed by atoms with Gasteiger partial charge in [-0.2, -0.15) is 0 Å². The minimum atomic E-state index is -0.225. The van der Waals surface area contributed by atoms with Crippen molar-refractivity contribution in [3.05, 3.63) is 117 Å². The van der Waals surface area contributed by atoms with E-state index < -0.39 is 0 Å². The Kier molecular flexibility index (Phi) is 4.31. The number of allylic oxidation sites excluding steroid dienone is 1. The van der Waals surface area contributed by atoms with E-state index in [9.17, 15) is 9.59 Å². The Labute approximate surface area is 239 Å². The molecule has 2 aliphatic rings. The first-order chi connectivity index (χ1) is 19.4. The van der Waals surface area contributed by atoms with Gasteiger partial charge in [-0.1, -0.05) is 0 Å². The molecule has 4 aromatic carbocycles. The van der Waals surface area contributed by atoms with Gasteiger partial charge in [0, 0.05) is 0 Å². The number of aromatic nitrogens is 1. The molecule has 0 saturated heterocycles. The molecule has 0 bridgehead atoms. The van der Waals surface area contributed by atoms with Gasteiger partial charge in [0.05, 0.1) is 0 Å². The fourth-order valence-corrected chi connectivity index (χ4v) is 10.7. The van der Waals surface area contributed by atoms with E-state index in [4.69, 9.17) is 0 Å². The zero-order valence-corrected chi connectivity index (χ0v) is 24.3. The third-order valence-corrected chi connectivity index (χ3v) is 12.1. The number of nitrogens with zero attached hydrogens (tertiary/aromatic N) is 1. The molecule has 4 heterocycles. The summed E-state index contributed by atoms with van der Waals surface area (Å²) in [7, 11) is 0. The van der Waals surface area contributed by atoms with E-state index in [1.54, 1.807) is 12.1 Å². The molecule has 0 unspecified atom stereocenters. The van der Waals surface area contributed by atoms with Gasteiger partial charge < -0.3 is 0 Å². The van der Waals surface area contributed by atoms with Crippen molar-refractivity contribution >= 4 is 85.5 Å². The number of carbonyl (C=O) groups is 2. The number of benzene rings is 4. The van der Waals surface area contributed by atoms with Gasteiger partial charge in [-0.05, 0) is 0 Å². The van der Waals surface area contributed by atoms with Crippen LogP contribution in [0.25, 0.3) is 52.6 Å². The van der Waals surface area contributed by atoms with Crippen molar-refractivity contribution in [3.63, 3.8) is 0 Å². The number of fused-ring (bicyclic) bond motifs is 10. The summed E-state index contributed by atoms with van der Waals surface area (Å²) in [4.78, 5) is 26.4. The standard InChI is InChI=1S/C35H21NO2SSe/c1-35(2)24-17-28-29(22-12-6-8-14-27(22)39-28)30-21-11-5-7-13-26(21)36(31(24)30)34-25(35)16-18(40-34)15-23-32(37)19-9-3-4-10-20(19)33(23)38/h3-17H,1-2H3. The van der Waals surface area contributed by atoms with Crippen LogP contribution in [0, 0.1) is 0 Å². The Morgan fingerprint density at radius 2 is 1.43 bits per heavy atom. The first-order valence-electron chi connectivity index (χ1n) is 13.4. The number of para-hydroxylation sites is 1. The van der Waals surface area contributed by atoms with E-state index in [0.29, 0.717) is 16.7 Å². The van der Waals surface area contributed by atoms with Crippen LogP contribution in [0.4, 0.5) is 0 Å². The Morgan fingerprint density at radius 3 is 2.20 bits per heavy atom. The van der Waals surface area contributed by atoms with E-state index in [0.717, 1.165) is 4.44 Å². The molecule has 7 aromatic rings. The van der Waals surface area contributed by atoms with Crippen LogP contribution in [0.3, 0.4) is 0 Å². The summed E-state index contributed by atoms with van der Waals surface area (Å²) in [5.41, 5.74) is 6.22. The molecule has 1 aliphatic heterocycles. The summed E-state index contributed by atoms with van der Waals surface area (Å²) in [6.45, 7) is 4.64. The first-order valence-corrected chi connectivity index (χ1v) is 15.9. The van der Waals surface area contributed by atoms with Crippen LogP contribution in [0.2, 0.25) is 0 Å². The van der Waals surface area contributed by atoms with Crippen molar-refractivity contribution in [2.75, 3.05) is 0 Å². The van der Waals surface area contributed by atoms with E-state index in [1.165, 1.54) is 57.7 Å². The molecule has 0 radical (unpaired) electrons. The topological polar surface area (TPSA) is 39.1 Å². The van der Waals surface area contributed by atoms with Gasteiger partial charge in [-0.3, -0.25) is 0 Å². The predicted molar refractivity (Wildman–Crippen MR) is 166 cm³/mol. The number of ketones is 2. The summed E-state index contributed by atoms with van der Waals surface area (Å²) >= 11 is 1.81. The molecule has 0 spiro atoms. The van der Waals surface area contributed by atoms with Crippen LogP contribution < -0.4 is 0 Å². The van der Waals surface area contributed by atoms with Crippen LogP contribution in [0.1, 0.15) is 50.1 Å². The Morgan fingerprint density at radius 1 is 0.750 bits per heavy atom. The molecule has 0 N–H and O–H groups in total.